The molecule has 1 aliphatic heterocycles. The summed E-state index contributed by atoms with van der Waals surface area (Å²) >= 11 is 0. The van der Waals surface area contributed by atoms with Crippen LogP contribution in [0.5, 0.6) is 0 Å². The van der Waals surface area contributed by atoms with Gasteiger partial charge in [-0.25, -0.2) is 4.99 Å². The smallest absolute Gasteiger partial charge is 0.195 e. The summed E-state index contributed by atoms with van der Waals surface area (Å²) in [5.41, 5.74) is 14.0. The third kappa shape index (κ3) is 1.78. The van der Waals surface area contributed by atoms with Gasteiger partial charge in [0, 0.05) is 11.3 Å². The van der Waals surface area contributed by atoms with Crippen LogP contribution in [0, 0.1) is 5.41 Å². The van der Waals surface area contributed by atoms with Crippen LogP contribution in [0.25, 0.3) is 0 Å². The molecule has 0 spiro atoms. The number of rotatable bonds is 2. The molecular formula is C13H18N4. The summed E-state index contributed by atoms with van der Waals surface area (Å²) in [6.07, 6.45) is 3.33. The van der Waals surface area contributed by atoms with Crippen LogP contribution in [-0.2, 0) is 5.66 Å². The highest BCUT2D eigenvalue weighted by Crippen LogP contribution is 2.53. The minimum atomic E-state index is -0.669. The second-order valence-corrected chi connectivity index (χ2v) is 5.58. The standard InChI is InChI=1S/C13H18N4/c1-12(6-7-12)8-13(15)9-4-2-3-5-10(9)16-11(14)17-13/h2-5H,6-8,15H2,1H3,(H3,14,16,17). The van der Waals surface area contributed by atoms with E-state index in [4.69, 9.17) is 11.5 Å². The number of benzene rings is 1. The molecule has 1 fully saturated rings. The summed E-state index contributed by atoms with van der Waals surface area (Å²) in [6, 6.07) is 8.00. The van der Waals surface area contributed by atoms with E-state index < -0.39 is 5.66 Å². The van der Waals surface area contributed by atoms with E-state index in [1.54, 1.807) is 0 Å². The summed E-state index contributed by atoms with van der Waals surface area (Å²) < 4.78 is 0. The Balaban J connectivity index is 2.04. The lowest BCUT2D eigenvalue weighted by atomic mass is 9.87. The van der Waals surface area contributed by atoms with Crippen molar-refractivity contribution in [2.45, 2.75) is 31.8 Å². The van der Waals surface area contributed by atoms with E-state index in [2.05, 4.69) is 17.2 Å². The van der Waals surface area contributed by atoms with Crippen molar-refractivity contribution in [1.29, 1.82) is 0 Å². The molecule has 90 valence electrons. The quantitative estimate of drug-likeness (QED) is 0.724. The van der Waals surface area contributed by atoms with Gasteiger partial charge in [-0.3, -0.25) is 0 Å². The topological polar surface area (TPSA) is 76.4 Å². The molecule has 0 saturated heterocycles. The molecule has 0 aromatic heterocycles. The molecule has 0 amide bonds. The zero-order chi connectivity index (χ0) is 12.1. The number of nitrogens with zero attached hydrogens (tertiary/aromatic N) is 1. The SMILES string of the molecule is CC1(CC2(N)N=C(N)Nc3ccccc32)CC1. The van der Waals surface area contributed by atoms with Crippen molar-refractivity contribution in [2.24, 2.45) is 21.9 Å². The van der Waals surface area contributed by atoms with Crippen LogP contribution in [0.15, 0.2) is 29.3 Å². The molecule has 4 heteroatoms. The molecule has 1 heterocycles. The van der Waals surface area contributed by atoms with Gasteiger partial charge in [0.05, 0.1) is 0 Å². The van der Waals surface area contributed by atoms with Crippen molar-refractivity contribution in [2.75, 3.05) is 5.32 Å². The summed E-state index contributed by atoms with van der Waals surface area (Å²) in [6.45, 7) is 2.26. The Morgan fingerprint density at radius 3 is 2.76 bits per heavy atom. The minimum Gasteiger partial charge on any atom is -0.370 e. The zero-order valence-corrected chi connectivity index (χ0v) is 10.0. The van der Waals surface area contributed by atoms with Gasteiger partial charge in [0.1, 0.15) is 5.66 Å². The molecule has 1 saturated carbocycles. The summed E-state index contributed by atoms with van der Waals surface area (Å²) in [5, 5.41) is 3.07. The number of fused-ring (bicyclic) bond motifs is 1. The van der Waals surface area contributed by atoms with E-state index in [9.17, 15) is 0 Å². The van der Waals surface area contributed by atoms with Gasteiger partial charge in [0.25, 0.3) is 0 Å². The van der Waals surface area contributed by atoms with Crippen molar-refractivity contribution in [3.8, 4) is 0 Å². The molecule has 2 aliphatic rings. The number of para-hydroxylation sites is 1. The number of anilines is 1. The maximum Gasteiger partial charge on any atom is 0.195 e. The van der Waals surface area contributed by atoms with E-state index in [0.29, 0.717) is 11.4 Å². The van der Waals surface area contributed by atoms with Crippen LogP contribution in [0.4, 0.5) is 5.69 Å². The van der Waals surface area contributed by atoms with Crippen LogP contribution in [0.3, 0.4) is 0 Å². The largest absolute Gasteiger partial charge is 0.370 e. The molecule has 1 aromatic rings. The second kappa shape index (κ2) is 3.23. The fraction of sp³-hybridized carbons (Fsp3) is 0.462. The highest BCUT2D eigenvalue weighted by molar-refractivity contribution is 5.95. The number of hydrogen-bond donors (Lipinski definition) is 3. The molecule has 3 rings (SSSR count). The highest BCUT2D eigenvalue weighted by atomic mass is 15.2. The van der Waals surface area contributed by atoms with Gasteiger partial charge in [0.2, 0.25) is 0 Å². The van der Waals surface area contributed by atoms with Crippen LogP contribution < -0.4 is 16.8 Å². The molecule has 4 nitrogen and oxygen atoms in total. The molecule has 1 atom stereocenters. The Bertz CT molecular complexity index is 490. The highest BCUT2D eigenvalue weighted by Gasteiger charge is 2.46. The monoisotopic (exact) mass is 230 g/mol. The number of hydrogen-bond acceptors (Lipinski definition) is 4. The van der Waals surface area contributed by atoms with Gasteiger partial charge >= 0.3 is 0 Å². The predicted molar refractivity (Wildman–Crippen MR) is 69.5 cm³/mol. The average Bonchev–Trinajstić information content (AvgIpc) is 2.94. The zero-order valence-electron chi connectivity index (χ0n) is 10.0. The van der Waals surface area contributed by atoms with E-state index in [0.717, 1.165) is 17.7 Å². The van der Waals surface area contributed by atoms with Gasteiger partial charge < -0.3 is 16.8 Å². The van der Waals surface area contributed by atoms with Crippen LogP contribution in [0.1, 0.15) is 31.7 Å². The van der Waals surface area contributed by atoms with Crippen LogP contribution in [-0.4, -0.2) is 5.96 Å². The molecule has 0 bridgehead atoms. The first-order valence-corrected chi connectivity index (χ1v) is 6.02. The van der Waals surface area contributed by atoms with Gasteiger partial charge in [-0.15, -0.1) is 0 Å². The van der Waals surface area contributed by atoms with E-state index in [-0.39, 0.29) is 0 Å². The van der Waals surface area contributed by atoms with E-state index in [1.165, 1.54) is 12.8 Å². The average molecular weight is 230 g/mol. The van der Waals surface area contributed by atoms with Crippen molar-refractivity contribution < 1.29 is 0 Å². The van der Waals surface area contributed by atoms with Crippen molar-refractivity contribution >= 4 is 11.6 Å². The number of nitrogens with one attached hydrogen (secondary N) is 1. The third-order valence-electron chi connectivity index (χ3n) is 3.78. The van der Waals surface area contributed by atoms with Crippen molar-refractivity contribution in [3.05, 3.63) is 29.8 Å². The fourth-order valence-corrected chi connectivity index (χ4v) is 2.59. The number of aliphatic imine (C=N–C) groups is 1. The lowest BCUT2D eigenvalue weighted by Gasteiger charge is -2.34. The molecule has 17 heavy (non-hydrogen) atoms. The third-order valence-corrected chi connectivity index (χ3v) is 3.78. The van der Waals surface area contributed by atoms with Gasteiger partial charge in [0.15, 0.2) is 5.96 Å². The lowest BCUT2D eigenvalue weighted by molar-refractivity contribution is 0.332. The Labute approximate surface area is 101 Å². The van der Waals surface area contributed by atoms with Crippen LogP contribution in [0.2, 0.25) is 0 Å². The molecule has 1 aliphatic carbocycles. The summed E-state index contributed by atoms with van der Waals surface area (Å²) in [7, 11) is 0. The molecular weight excluding hydrogens is 212 g/mol. The minimum absolute atomic E-state index is 0.336. The molecule has 1 aromatic carbocycles. The molecule has 5 N–H and O–H groups in total. The Morgan fingerprint density at radius 1 is 1.35 bits per heavy atom. The summed E-state index contributed by atoms with van der Waals surface area (Å²) in [4.78, 5) is 4.44. The summed E-state index contributed by atoms with van der Waals surface area (Å²) in [5.74, 6) is 0.412. The Hall–Kier alpha value is -1.55. The predicted octanol–water partition coefficient (Wildman–Crippen LogP) is 1.73. The maximum absolute atomic E-state index is 6.48. The number of nitrogens with two attached hydrogens (primary N) is 2. The van der Waals surface area contributed by atoms with E-state index >= 15 is 0 Å². The normalized spacial score (nSPS) is 28.9. The van der Waals surface area contributed by atoms with Gasteiger partial charge in [-0.05, 0) is 30.7 Å². The molecule has 0 radical (unpaired) electrons. The van der Waals surface area contributed by atoms with Crippen molar-refractivity contribution in [3.63, 3.8) is 0 Å². The lowest BCUT2D eigenvalue weighted by Crippen LogP contribution is -2.44. The van der Waals surface area contributed by atoms with E-state index in [1.807, 2.05) is 24.3 Å². The number of guanidine groups is 1. The second-order valence-electron chi connectivity index (χ2n) is 5.58. The van der Waals surface area contributed by atoms with Crippen molar-refractivity contribution in [1.82, 2.24) is 0 Å². The van der Waals surface area contributed by atoms with Gasteiger partial charge in [-0.1, -0.05) is 25.1 Å². The fourth-order valence-electron chi connectivity index (χ4n) is 2.59. The maximum atomic E-state index is 6.48. The first kappa shape index (κ1) is 10.6. The van der Waals surface area contributed by atoms with Crippen LogP contribution >= 0.6 is 0 Å². The Kier molecular flexibility index (Phi) is 2.01. The molecule has 1 unspecified atom stereocenters. The van der Waals surface area contributed by atoms with Gasteiger partial charge in [-0.2, -0.15) is 0 Å². The first-order valence-electron chi connectivity index (χ1n) is 6.02. The first-order chi connectivity index (χ1) is 8.01. The Morgan fingerprint density at radius 2 is 2.06 bits per heavy atom.